The van der Waals surface area contributed by atoms with Crippen molar-refractivity contribution in [2.75, 3.05) is 19.6 Å². The van der Waals surface area contributed by atoms with E-state index in [2.05, 4.69) is 16.7 Å². The Kier molecular flexibility index (Phi) is 4.17. The lowest BCUT2D eigenvalue weighted by Gasteiger charge is -2.38. The highest BCUT2D eigenvalue weighted by molar-refractivity contribution is 6.20. The van der Waals surface area contributed by atoms with Gasteiger partial charge in [0.25, 0.3) is 0 Å². The van der Waals surface area contributed by atoms with Gasteiger partial charge in [-0.15, -0.1) is 11.6 Å². The molecule has 0 aromatic heterocycles. The van der Waals surface area contributed by atoms with E-state index in [1.165, 1.54) is 58.0 Å². The third-order valence-corrected chi connectivity index (χ3v) is 5.59. The molecule has 2 nitrogen and oxygen atoms in total. The van der Waals surface area contributed by atoms with Crippen molar-refractivity contribution in [2.24, 2.45) is 5.92 Å². The van der Waals surface area contributed by atoms with Gasteiger partial charge in [0.05, 0.1) is 6.17 Å². The molecule has 0 aromatic rings. The molecular formula is C15H27ClN2. The molecule has 3 heteroatoms. The molecule has 2 heterocycles. The van der Waals surface area contributed by atoms with Crippen LogP contribution < -0.4 is 0 Å². The molecule has 0 radical (unpaired) electrons. The lowest BCUT2D eigenvalue weighted by atomic mass is 9.88. The van der Waals surface area contributed by atoms with E-state index in [1.807, 2.05) is 0 Å². The van der Waals surface area contributed by atoms with E-state index in [4.69, 9.17) is 11.6 Å². The van der Waals surface area contributed by atoms with Gasteiger partial charge < -0.3 is 0 Å². The predicted octanol–water partition coefficient (Wildman–Crippen LogP) is 3.30. The Balaban J connectivity index is 1.60. The highest BCUT2D eigenvalue weighted by atomic mass is 35.5. The maximum atomic E-state index is 6.31. The van der Waals surface area contributed by atoms with Crippen LogP contribution in [-0.4, -0.2) is 47.0 Å². The van der Waals surface area contributed by atoms with E-state index >= 15 is 0 Å². The third kappa shape index (κ3) is 2.71. The number of alkyl halides is 1. The molecule has 3 fully saturated rings. The van der Waals surface area contributed by atoms with E-state index in [0.29, 0.717) is 11.5 Å². The second kappa shape index (κ2) is 5.68. The molecule has 104 valence electrons. The van der Waals surface area contributed by atoms with Crippen molar-refractivity contribution in [3.8, 4) is 0 Å². The smallest absolute Gasteiger partial charge is 0.0626 e. The first-order chi connectivity index (χ1) is 8.74. The second-order valence-corrected chi connectivity index (χ2v) is 7.28. The maximum Gasteiger partial charge on any atom is 0.0626 e. The summed E-state index contributed by atoms with van der Waals surface area (Å²) in [5.41, 5.74) is 0. The number of piperidine rings is 1. The lowest BCUT2D eigenvalue weighted by molar-refractivity contribution is 0.0713. The summed E-state index contributed by atoms with van der Waals surface area (Å²) >= 11 is 6.31. The summed E-state index contributed by atoms with van der Waals surface area (Å²) in [6.45, 7) is 6.10. The Hall–Kier alpha value is 0.210. The highest BCUT2D eigenvalue weighted by Crippen LogP contribution is 2.33. The molecule has 0 N–H and O–H groups in total. The number of rotatable bonds is 2. The van der Waals surface area contributed by atoms with E-state index in [0.717, 1.165) is 18.5 Å². The standard InChI is InChI=1S/C15H27ClN2/c1-12-9-17-11-14(16)7-8-15(17)18(12)10-13-5-3-2-4-6-13/h12-15H,2-11H2,1H3. The number of fused-ring (bicyclic) bond motifs is 1. The van der Waals surface area contributed by atoms with Crippen molar-refractivity contribution >= 4 is 11.6 Å². The third-order valence-electron chi connectivity index (χ3n) is 5.23. The Bertz CT molecular complexity index is 278. The van der Waals surface area contributed by atoms with Crippen molar-refractivity contribution in [3.63, 3.8) is 0 Å². The van der Waals surface area contributed by atoms with Crippen LogP contribution in [0, 0.1) is 5.92 Å². The van der Waals surface area contributed by atoms with Gasteiger partial charge in [-0.05, 0) is 38.5 Å². The molecule has 3 rings (SSSR count). The minimum atomic E-state index is 0.392. The topological polar surface area (TPSA) is 6.48 Å². The number of nitrogens with zero attached hydrogens (tertiary/aromatic N) is 2. The fourth-order valence-corrected chi connectivity index (χ4v) is 4.56. The average molecular weight is 271 g/mol. The first-order valence-electron chi connectivity index (χ1n) is 7.88. The van der Waals surface area contributed by atoms with Gasteiger partial charge in [-0.1, -0.05) is 19.3 Å². The predicted molar refractivity (Wildman–Crippen MR) is 77.0 cm³/mol. The second-order valence-electron chi connectivity index (χ2n) is 6.66. The van der Waals surface area contributed by atoms with Crippen LogP contribution in [0.15, 0.2) is 0 Å². The van der Waals surface area contributed by atoms with Gasteiger partial charge in [-0.25, -0.2) is 0 Å². The molecule has 18 heavy (non-hydrogen) atoms. The van der Waals surface area contributed by atoms with Crippen molar-refractivity contribution < 1.29 is 0 Å². The zero-order valence-corrected chi connectivity index (χ0v) is 12.4. The van der Waals surface area contributed by atoms with E-state index < -0.39 is 0 Å². The molecule has 3 atom stereocenters. The van der Waals surface area contributed by atoms with Crippen molar-refractivity contribution in [3.05, 3.63) is 0 Å². The average Bonchev–Trinajstić information content (AvgIpc) is 2.66. The fourth-order valence-electron chi connectivity index (χ4n) is 4.26. The van der Waals surface area contributed by atoms with Gasteiger partial charge in [0, 0.05) is 31.1 Å². The van der Waals surface area contributed by atoms with Gasteiger partial charge in [0.2, 0.25) is 0 Å². The minimum Gasteiger partial charge on any atom is -0.285 e. The van der Waals surface area contributed by atoms with Crippen molar-refractivity contribution in [1.82, 2.24) is 9.80 Å². The molecule has 0 aromatic carbocycles. The van der Waals surface area contributed by atoms with Crippen LogP contribution in [0.3, 0.4) is 0 Å². The van der Waals surface area contributed by atoms with Gasteiger partial charge >= 0.3 is 0 Å². The van der Waals surface area contributed by atoms with Crippen molar-refractivity contribution in [1.29, 1.82) is 0 Å². The molecular weight excluding hydrogens is 244 g/mol. The number of hydrogen-bond donors (Lipinski definition) is 0. The lowest BCUT2D eigenvalue weighted by Crippen LogP contribution is -2.47. The maximum absolute atomic E-state index is 6.31. The Morgan fingerprint density at radius 3 is 2.56 bits per heavy atom. The fraction of sp³-hybridized carbons (Fsp3) is 1.00. The number of halogens is 1. The molecule has 2 aliphatic heterocycles. The zero-order chi connectivity index (χ0) is 12.5. The van der Waals surface area contributed by atoms with Gasteiger partial charge in [-0.2, -0.15) is 0 Å². The van der Waals surface area contributed by atoms with Crippen LogP contribution in [0.1, 0.15) is 51.9 Å². The zero-order valence-electron chi connectivity index (χ0n) is 11.7. The Labute approximate surface area is 117 Å². The summed E-state index contributed by atoms with van der Waals surface area (Å²) in [6.07, 6.45) is 10.5. The summed E-state index contributed by atoms with van der Waals surface area (Å²) in [5, 5.41) is 0.392. The van der Waals surface area contributed by atoms with Crippen molar-refractivity contribution in [2.45, 2.75) is 69.5 Å². The Morgan fingerprint density at radius 1 is 1.00 bits per heavy atom. The van der Waals surface area contributed by atoms with Crippen LogP contribution in [0.25, 0.3) is 0 Å². The molecule has 0 amide bonds. The highest BCUT2D eigenvalue weighted by Gasteiger charge is 2.40. The molecule has 3 aliphatic rings. The Morgan fingerprint density at radius 2 is 1.78 bits per heavy atom. The van der Waals surface area contributed by atoms with Gasteiger partial charge in [-0.3, -0.25) is 9.80 Å². The van der Waals surface area contributed by atoms with Crippen LogP contribution in [0.5, 0.6) is 0 Å². The molecule has 1 saturated carbocycles. The van der Waals surface area contributed by atoms with Crippen LogP contribution in [-0.2, 0) is 0 Å². The summed E-state index contributed by atoms with van der Waals surface area (Å²) in [7, 11) is 0. The monoisotopic (exact) mass is 270 g/mol. The van der Waals surface area contributed by atoms with Crippen LogP contribution in [0.2, 0.25) is 0 Å². The first kappa shape index (κ1) is 13.2. The quantitative estimate of drug-likeness (QED) is 0.711. The summed E-state index contributed by atoms with van der Waals surface area (Å²) in [6, 6.07) is 0.735. The van der Waals surface area contributed by atoms with Gasteiger partial charge in [0.1, 0.15) is 0 Å². The molecule has 2 saturated heterocycles. The largest absolute Gasteiger partial charge is 0.285 e. The van der Waals surface area contributed by atoms with E-state index in [9.17, 15) is 0 Å². The minimum absolute atomic E-state index is 0.392. The normalized spacial score (nSPS) is 40.0. The summed E-state index contributed by atoms with van der Waals surface area (Å²) in [5.74, 6) is 0.967. The molecule has 3 unspecified atom stereocenters. The molecule has 0 bridgehead atoms. The summed E-state index contributed by atoms with van der Waals surface area (Å²) in [4.78, 5) is 5.42. The molecule has 1 aliphatic carbocycles. The molecule has 0 spiro atoms. The summed E-state index contributed by atoms with van der Waals surface area (Å²) < 4.78 is 0. The van der Waals surface area contributed by atoms with E-state index in [1.54, 1.807) is 0 Å². The van der Waals surface area contributed by atoms with Crippen LogP contribution in [0.4, 0.5) is 0 Å². The van der Waals surface area contributed by atoms with E-state index in [-0.39, 0.29) is 0 Å². The number of hydrogen-bond acceptors (Lipinski definition) is 2. The van der Waals surface area contributed by atoms with Crippen LogP contribution >= 0.6 is 11.6 Å². The first-order valence-corrected chi connectivity index (χ1v) is 8.31. The SMILES string of the molecule is CC1CN2CC(Cl)CCC2N1CC1CCCCC1. The van der Waals surface area contributed by atoms with Gasteiger partial charge in [0.15, 0.2) is 0 Å².